The summed E-state index contributed by atoms with van der Waals surface area (Å²) in [5, 5.41) is 38.6. The molecular weight excluding hydrogens is 412 g/mol. The maximum Gasteiger partial charge on any atom is 0.317 e. The van der Waals surface area contributed by atoms with Gasteiger partial charge in [0.1, 0.15) is 5.40 Å². The Balaban J connectivity index is 2.36. The fourth-order valence-corrected chi connectivity index (χ4v) is 3.82. The summed E-state index contributed by atoms with van der Waals surface area (Å²) in [5.41, 5.74) is 0.806. The Kier molecular flexibility index (Phi) is 9.07. The smallest absolute Gasteiger partial charge is 0.317 e. The van der Waals surface area contributed by atoms with Crippen molar-refractivity contribution in [2.45, 2.75) is 10.9 Å². The van der Waals surface area contributed by atoms with Crippen molar-refractivity contribution in [3.63, 3.8) is 0 Å². The van der Waals surface area contributed by atoms with E-state index in [1.54, 1.807) is 26.8 Å². The van der Waals surface area contributed by atoms with E-state index in [9.17, 15) is 24.6 Å². The van der Waals surface area contributed by atoms with Crippen LogP contribution in [0.5, 0.6) is 0 Å². The van der Waals surface area contributed by atoms with Crippen LogP contribution in [-0.4, -0.2) is 100 Å². The molecule has 1 aromatic carbocycles. The van der Waals surface area contributed by atoms with E-state index in [4.69, 9.17) is 10.4 Å². The number of carboxylic acid groups (broad SMARTS) is 3. The largest absolute Gasteiger partial charge is 0.480 e. The van der Waals surface area contributed by atoms with E-state index in [0.717, 1.165) is 22.2 Å². The topological polar surface area (TPSA) is 145 Å². The van der Waals surface area contributed by atoms with Gasteiger partial charge in [0.25, 0.3) is 0 Å². The fraction of sp³-hybridized carbons (Fsp3) is 0.474. The molecule has 1 fully saturated rings. The summed E-state index contributed by atoms with van der Waals surface area (Å²) in [6.45, 7) is 0.962. The average Bonchev–Trinajstić information content (AvgIpc) is 2.73. The molecule has 0 saturated carbocycles. The molecule has 1 saturated heterocycles. The van der Waals surface area contributed by atoms with Crippen LogP contribution in [0.2, 0.25) is 0 Å². The van der Waals surface area contributed by atoms with Gasteiger partial charge in [0.15, 0.2) is 0 Å². The van der Waals surface area contributed by atoms with Crippen molar-refractivity contribution in [1.29, 1.82) is 5.26 Å². The Morgan fingerprint density at radius 1 is 0.900 bits per heavy atom. The highest BCUT2D eigenvalue weighted by Crippen LogP contribution is 2.26. The number of hydrogen-bond donors (Lipinski definition) is 3. The number of thiocyanates is 1. The van der Waals surface area contributed by atoms with Gasteiger partial charge < -0.3 is 15.3 Å². The molecule has 11 heteroatoms. The molecule has 0 spiro atoms. The van der Waals surface area contributed by atoms with E-state index in [1.807, 2.05) is 17.5 Å². The van der Waals surface area contributed by atoms with Crippen molar-refractivity contribution in [2.24, 2.45) is 0 Å². The number of benzene rings is 1. The van der Waals surface area contributed by atoms with Crippen molar-refractivity contribution in [1.82, 2.24) is 14.7 Å². The number of thioether (sulfide) groups is 1. The first-order valence-corrected chi connectivity index (χ1v) is 10.1. The number of carboxylic acids is 3. The van der Waals surface area contributed by atoms with Crippen LogP contribution in [0.3, 0.4) is 0 Å². The highest BCUT2D eigenvalue weighted by molar-refractivity contribution is 8.03. The minimum atomic E-state index is -1.02. The third-order valence-electron chi connectivity index (χ3n) is 4.79. The lowest BCUT2D eigenvalue weighted by atomic mass is 10.0. The molecule has 3 N–H and O–H groups in total. The van der Waals surface area contributed by atoms with Gasteiger partial charge >= 0.3 is 17.9 Å². The summed E-state index contributed by atoms with van der Waals surface area (Å²) >= 11 is 1.02. The van der Waals surface area contributed by atoms with Gasteiger partial charge in [-0.1, -0.05) is 12.1 Å². The number of hydrogen-bond acceptors (Lipinski definition) is 8. The predicted molar refractivity (Wildman–Crippen MR) is 108 cm³/mol. The second-order valence-electron chi connectivity index (χ2n) is 6.94. The van der Waals surface area contributed by atoms with Crippen LogP contribution in [0.1, 0.15) is 11.6 Å². The lowest BCUT2D eigenvalue weighted by molar-refractivity contribution is -0.140. The standard InChI is InChI=1S/C19H24N4O6S/c20-13-30-15-3-1-14(2-4-15)16-9-22(11-18(26)27)6-5-21(10-17(24)25)7-8-23(16)12-19(28)29/h1-4,16H,5-12H2,(H,24,25)(H,26,27)(H,28,29). The first kappa shape index (κ1) is 23.6. The number of rotatable bonds is 8. The van der Waals surface area contributed by atoms with Crippen LogP contribution < -0.4 is 0 Å². The summed E-state index contributed by atoms with van der Waals surface area (Å²) in [4.78, 5) is 39.8. The van der Waals surface area contributed by atoms with Crippen molar-refractivity contribution >= 4 is 29.7 Å². The zero-order valence-electron chi connectivity index (χ0n) is 16.3. The fourth-order valence-electron chi connectivity index (χ4n) is 3.45. The Morgan fingerprint density at radius 3 is 2.00 bits per heavy atom. The highest BCUT2D eigenvalue weighted by atomic mass is 32.2. The maximum atomic E-state index is 11.5. The number of nitriles is 1. The molecule has 1 aliphatic heterocycles. The minimum Gasteiger partial charge on any atom is -0.480 e. The maximum absolute atomic E-state index is 11.5. The molecule has 1 aromatic rings. The number of aliphatic carboxylic acids is 3. The monoisotopic (exact) mass is 436 g/mol. The molecule has 0 aromatic heterocycles. The molecular formula is C19H24N4O6S. The zero-order valence-corrected chi connectivity index (χ0v) is 17.1. The number of nitrogens with zero attached hydrogens (tertiary/aromatic N) is 4. The first-order chi connectivity index (χ1) is 14.3. The van der Waals surface area contributed by atoms with Crippen LogP contribution in [0.15, 0.2) is 29.2 Å². The molecule has 0 radical (unpaired) electrons. The lowest BCUT2D eigenvalue weighted by Crippen LogP contribution is -2.42. The molecule has 1 heterocycles. The van der Waals surface area contributed by atoms with Gasteiger partial charge in [-0.15, -0.1) is 0 Å². The molecule has 1 unspecified atom stereocenters. The molecule has 1 atom stereocenters. The van der Waals surface area contributed by atoms with Crippen LogP contribution in [0, 0.1) is 10.7 Å². The van der Waals surface area contributed by atoms with Gasteiger partial charge in [0.05, 0.1) is 19.6 Å². The molecule has 0 bridgehead atoms. The van der Waals surface area contributed by atoms with Crippen molar-refractivity contribution in [2.75, 3.05) is 52.4 Å². The van der Waals surface area contributed by atoms with Crippen LogP contribution >= 0.6 is 11.8 Å². The third kappa shape index (κ3) is 7.64. The van der Waals surface area contributed by atoms with Crippen LogP contribution in [0.25, 0.3) is 0 Å². The van der Waals surface area contributed by atoms with Gasteiger partial charge in [-0.3, -0.25) is 29.1 Å². The zero-order chi connectivity index (χ0) is 22.1. The molecule has 1 aliphatic rings. The van der Waals surface area contributed by atoms with Gasteiger partial charge in [0.2, 0.25) is 0 Å². The number of carbonyl (C=O) groups is 3. The van der Waals surface area contributed by atoms with Crippen molar-refractivity contribution in [3.05, 3.63) is 29.8 Å². The summed E-state index contributed by atoms with van der Waals surface area (Å²) in [6, 6.07) is 6.77. The van der Waals surface area contributed by atoms with E-state index in [0.29, 0.717) is 26.2 Å². The molecule has 162 valence electrons. The van der Waals surface area contributed by atoms with Gasteiger partial charge in [-0.25, -0.2) is 0 Å². The molecule has 0 aliphatic carbocycles. The van der Waals surface area contributed by atoms with Gasteiger partial charge in [-0.2, -0.15) is 5.26 Å². The minimum absolute atomic E-state index is 0.202. The second-order valence-corrected chi connectivity index (χ2v) is 7.80. The Bertz CT molecular complexity index is 797. The van der Waals surface area contributed by atoms with Crippen LogP contribution in [0.4, 0.5) is 0 Å². The molecule has 30 heavy (non-hydrogen) atoms. The average molecular weight is 436 g/mol. The lowest BCUT2D eigenvalue weighted by Gasteiger charge is -2.33. The Labute approximate surface area is 178 Å². The van der Waals surface area contributed by atoms with E-state index in [1.165, 1.54) is 0 Å². The molecule has 2 rings (SSSR count). The van der Waals surface area contributed by atoms with Crippen molar-refractivity contribution in [3.8, 4) is 5.40 Å². The van der Waals surface area contributed by atoms with E-state index < -0.39 is 23.9 Å². The van der Waals surface area contributed by atoms with E-state index in [-0.39, 0.29) is 26.2 Å². The molecule has 10 nitrogen and oxygen atoms in total. The summed E-state index contributed by atoms with van der Waals surface area (Å²) in [6.07, 6.45) is 0. The Hall–Kier alpha value is -2.65. The third-order valence-corrected chi connectivity index (χ3v) is 5.39. The Morgan fingerprint density at radius 2 is 1.43 bits per heavy atom. The summed E-state index contributed by atoms with van der Waals surface area (Å²) in [5.74, 6) is -3.03. The van der Waals surface area contributed by atoms with Crippen molar-refractivity contribution < 1.29 is 29.7 Å². The van der Waals surface area contributed by atoms with E-state index in [2.05, 4.69) is 0 Å². The SMILES string of the molecule is N#CSc1ccc(C2CN(CC(=O)O)CCN(CC(=O)O)CCN2CC(=O)O)cc1. The second kappa shape index (κ2) is 11.5. The van der Waals surface area contributed by atoms with E-state index >= 15 is 0 Å². The first-order valence-electron chi connectivity index (χ1n) is 9.28. The van der Waals surface area contributed by atoms with Gasteiger partial charge in [-0.05, 0) is 29.5 Å². The summed E-state index contributed by atoms with van der Waals surface area (Å²) < 4.78 is 0. The quantitative estimate of drug-likeness (QED) is 0.386. The summed E-state index contributed by atoms with van der Waals surface area (Å²) in [7, 11) is 0. The normalized spacial score (nSPS) is 19.2. The highest BCUT2D eigenvalue weighted by Gasteiger charge is 2.28. The van der Waals surface area contributed by atoms with Gasteiger partial charge in [0, 0.05) is 43.7 Å². The van der Waals surface area contributed by atoms with Crippen LogP contribution in [-0.2, 0) is 14.4 Å². The molecule has 0 amide bonds. The predicted octanol–water partition coefficient (Wildman–Crippen LogP) is 0.474.